The maximum absolute atomic E-state index is 10.6. The molecule has 1 fully saturated rings. The molecule has 1 unspecified atom stereocenters. The van der Waals surface area contributed by atoms with Gasteiger partial charge in [-0.05, 0) is 41.4 Å². The minimum atomic E-state index is -0.786. The van der Waals surface area contributed by atoms with E-state index in [0.29, 0.717) is 6.54 Å². The molecule has 0 radical (unpaired) electrons. The molecule has 0 spiro atoms. The van der Waals surface area contributed by atoms with Gasteiger partial charge in [-0.25, -0.2) is 0 Å². The highest BCUT2D eigenvalue weighted by Crippen LogP contribution is 2.38. The Morgan fingerprint density at radius 2 is 2.31 bits per heavy atom. The predicted molar refractivity (Wildman–Crippen MR) is 66.7 cm³/mol. The average Bonchev–Trinajstić information content (AvgIpc) is 2.30. The number of ether oxygens (including phenoxy) is 1. The third-order valence-electron chi connectivity index (χ3n) is 3.05. The van der Waals surface area contributed by atoms with Crippen LogP contribution in [-0.4, -0.2) is 25.3 Å². The van der Waals surface area contributed by atoms with Crippen molar-refractivity contribution in [2.75, 3.05) is 20.2 Å². The van der Waals surface area contributed by atoms with Crippen molar-refractivity contribution in [2.24, 2.45) is 0 Å². The minimum Gasteiger partial charge on any atom is -0.496 e. The van der Waals surface area contributed by atoms with Crippen molar-refractivity contribution in [2.45, 2.75) is 18.4 Å². The number of halogens is 1. The Morgan fingerprint density at radius 1 is 1.50 bits per heavy atom. The number of hydrogen-bond donors (Lipinski definition) is 2. The largest absolute Gasteiger partial charge is 0.496 e. The van der Waals surface area contributed by atoms with Gasteiger partial charge in [0.25, 0.3) is 0 Å². The summed E-state index contributed by atoms with van der Waals surface area (Å²) in [4.78, 5) is 0. The number of rotatable bonds is 2. The van der Waals surface area contributed by atoms with E-state index in [1.165, 1.54) is 0 Å². The molecule has 1 saturated heterocycles. The number of aliphatic hydroxyl groups is 1. The molecule has 16 heavy (non-hydrogen) atoms. The van der Waals surface area contributed by atoms with Crippen LogP contribution in [-0.2, 0) is 5.60 Å². The number of hydrogen-bond acceptors (Lipinski definition) is 3. The smallest absolute Gasteiger partial charge is 0.133 e. The molecule has 0 amide bonds. The molecular formula is C12H16BrNO2. The van der Waals surface area contributed by atoms with Gasteiger partial charge in [0.1, 0.15) is 11.4 Å². The van der Waals surface area contributed by atoms with E-state index in [2.05, 4.69) is 21.2 Å². The first-order chi connectivity index (χ1) is 7.67. The Kier molecular flexibility index (Phi) is 3.52. The number of nitrogens with one attached hydrogen (secondary N) is 1. The van der Waals surface area contributed by atoms with Gasteiger partial charge in [0.2, 0.25) is 0 Å². The minimum absolute atomic E-state index is 0.596. The van der Waals surface area contributed by atoms with Crippen molar-refractivity contribution in [1.29, 1.82) is 0 Å². The lowest BCUT2D eigenvalue weighted by atomic mass is 9.86. The van der Waals surface area contributed by atoms with Gasteiger partial charge >= 0.3 is 0 Å². The van der Waals surface area contributed by atoms with E-state index in [9.17, 15) is 5.11 Å². The Morgan fingerprint density at radius 3 is 2.94 bits per heavy atom. The molecule has 2 rings (SSSR count). The highest BCUT2D eigenvalue weighted by atomic mass is 79.9. The third-order valence-corrected chi connectivity index (χ3v) is 3.86. The normalized spacial score (nSPS) is 25.4. The first kappa shape index (κ1) is 11.9. The Balaban J connectivity index is 2.38. The summed E-state index contributed by atoms with van der Waals surface area (Å²) in [5.74, 6) is 0.761. The summed E-state index contributed by atoms with van der Waals surface area (Å²) in [6, 6.07) is 5.73. The van der Waals surface area contributed by atoms with E-state index in [-0.39, 0.29) is 0 Å². The fraction of sp³-hybridized carbons (Fsp3) is 0.500. The van der Waals surface area contributed by atoms with Crippen LogP contribution in [0.25, 0.3) is 0 Å². The molecule has 4 heteroatoms. The lowest BCUT2D eigenvalue weighted by Gasteiger charge is -2.34. The molecule has 1 heterocycles. The summed E-state index contributed by atoms with van der Waals surface area (Å²) in [5, 5.41) is 13.8. The number of benzene rings is 1. The van der Waals surface area contributed by atoms with Crippen molar-refractivity contribution in [3.05, 3.63) is 28.2 Å². The fourth-order valence-corrected chi connectivity index (χ4v) is 2.94. The Bertz CT molecular complexity index is 375. The summed E-state index contributed by atoms with van der Waals surface area (Å²) < 4.78 is 6.09. The third kappa shape index (κ3) is 2.10. The zero-order valence-electron chi connectivity index (χ0n) is 9.29. The lowest BCUT2D eigenvalue weighted by molar-refractivity contribution is 0.0114. The maximum Gasteiger partial charge on any atom is 0.133 e. The summed E-state index contributed by atoms with van der Waals surface area (Å²) in [6.45, 7) is 1.57. The predicted octanol–water partition coefficient (Wildman–Crippen LogP) is 2.03. The van der Waals surface area contributed by atoms with Crippen LogP contribution in [0.4, 0.5) is 0 Å². The highest BCUT2D eigenvalue weighted by molar-refractivity contribution is 9.10. The molecule has 3 nitrogen and oxygen atoms in total. The average molecular weight is 286 g/mol. The zero-order valence-corrected chi connectivity index (χ0v) is 10.9. The molecule has 88 valence electrons. The molecule has 0 bridgehead atoms. The van der Waals surface area contributed by atoms with Crippen molar-refractivity contribution < 1.29 is 9.84 Å². The van der Waals surface area contributed by atoms with E-state index in [4.69, 9.17) is 4.74 Å². The fourth-order valence-electron chi connectivity index (χ4n) is 2.15. The van der Waals surface area contributed by atoms with E-state index in [1.54, 1.807) is 7.11 Å². The molecular weight excluding hydrogens is 270 g/mol. The standard InChI is InChI=1S/C12H16BrNO2/c1-16-10-5-2-4-9(11(10)13)12(15)6-3-7-14-8-12/h2,4-5,14-15H,3,6-8H2,1H3. The van der Waals surface area contributed by atoms with Crippen LogP contribution in [0.15, 0.2) is 22.7 Å². The monoisotopic (exact) mass is 285 g/mol. The van der Waals surface area contributed by atoms with Crippen LogP contribution in [0.5, 0.6) is 5.75 Å². The second kappa shape index (κ2) is 4.73. The van der Waals surface area contributed by atoms with Gasteiger partial charge in [0.15, 0.2) is 0 Å². The number of methoxy groups -OCH3 is 1. The molecule has 1 aromatic carbocycles. The highest BCUT2D eigenvalue weighted by Gasteiger charge is 2.33. The van der Waals surface area contributed by atoms with Crippen molar-refractivity contribution in [1.82, 2.24) is 5.32 Å². The summed E-state index contributed by atoms with van der Waals surface area (Å²) in [6.07, 6.45) is 1.77. The van der Waals surface area contributed by atoms with Gasteiger partial charge in [-0.2, -0.15) is 0 Å². The quantitative estimate of drug-likeness (QED) is 0.874. The van der Waals surface area contributed by atoms with Crippen LogP contribution in [0.3, 0.4) is 0 Å². The summed E-state index contributed by atoms with van der Waals surface area (Å²) in [7, 11) is 1.63. The molecule has 2 N–H and O–H groups in total. The van der Waals surface area contributed by atoms with Gasteiger partial charge in [-0.3, -0.25) is 0 Å². The summed E-state index contributed by atoms with van der Waals surface area (Å²) in [5.41, 5.74) is 0.116. The van der Waals surface area contributed by atoms with E-state index < -0.39 is 5.60 Å². The molecule has 1 aliphatic rings. The molecule has 0 aliphatic carbocycles. The summed E-state index contributed by atoms with van der Waals surface area (Å²) >= 11 is 3.50. The molecule has 1 aliphatic heterocycles. The van der Waals surface area contributed by atoms with Gasteiger partial charge < -0.3 is 15.2 Å². The molecule has 1 atom stereocenters. The number of piperidine rings is 1. The van der Waals surface area contributed by atoms with Crippen LogP contribution < -0.4 is 10.1 Å². The molecule has 0 saturated carbocycles. The first-order valence-corrected chi connectivity index (χ1v) is 6.23. The first-order valence-electron chi connectivity index (χ1n) is 5.43. The molecule has 0 aromatic heterocycles. The zero-order chi connectivity index (χ0) is 11.6. The molecule has 1 aromatic rings. The Labute approximate surface area is 104 Å². The topological polar surface area (TPSA) is 41.5 Å². The van der Waals surface area contributed by atoms with Crippen LogP contribution in [0.1, 0.15) is 18.4 Å². The van der Waals surface area contributed by atoms with Crippen molar-refractivity contribution in [3.8, 4) is 5.75 Å². The Hall–Kier alpha value is -0.580. The second-order valence-corrected chi connectivity index (χ2v) is 4.93. The van der Waals surface area contributed by atoms with Gasteiger partial charge in [-0.15, -0.1) is 0 Å². The van der Waals surface area contributed by atoms with Gasteiger partial charge in [0.05, 0.1) is 11.6 Å². The van der Waals surface area contributed by atoms with Gasteiger partial charge in [0, 0.05) is 12.1 Å². The van der Waals surface area contributed by atoms with Gasteiger partial charge in [-0.1, -0.05) is 12.1 Å². The van der Waals surface area contributed by atoms with E-state index in [1.807, 2.05) is 18.2 Å². The van der Waals surface area contributed by atoms with Crippen LogP contribution in [0.2, 0.25) is 0 Å². The van der Waals surface area contributed by atoms with Crippen LogP contribution >= 0.6 is 15.9 Å². The van der Waals surface area contributed by atoms with E-state index in [0.717, 1.165) is 35.2 Å². The maximum atomic E-state index is 10.6. The number of β-amino-alcohol motifs (C(OH)–C–C–N with tert-alkyl or cyclic N) is 1. The van der Waals surface area contributed by atoms with Crippen molar-refractivity contribution in [3.63, 3.8) is 0 Å². The van der Waals surface area contributed by atoms with Crippen molar-refractivity contribution >= 4 is 15.9 Å². The second-order valence-electron chi connectivity index (χ2n) is 4.13. The lowest BCUT2D eigenvalue weighted by Crippen LogP contribution is -2.43. The van der Waals surface area contributed by atoms with Crippen LogP contribution in [0, 0.1) is 0 Å². The van der Waals surface area contributed by atoms with E-state index >= 15 is 0 Å². The SMILES string of the molecule is COc1cccc(C2(O)CCCNC2)c1Br.